The van der Waals surface area contributed by atoms with E-state index in [9.17, 15) is 13.2 Å². The number of halogens is 3. The molecule has 0 amide bonds. The molecule has 1 rings (SSSR count). The Labute approximate surface area is 69.2 Å². The molecule has 0 heterocycles. The highest BCUT2D eigenvalue weighted by Crippen LogP contribution is 2.40. The van der Waals surface area contributed by atoms with E-state index in [0.717, 1.165) is 6.42 Å². The number of nitriles is 1. The van der Waals surface area contributed by atoms with Gasteiger partial charge in [0.25, 0.3) is 0 Å². The van der Waals surface area contributed by atoms with Crippen LogP contribution in [0.5, 0.6) is 0 Å². The summed E-state index contributed by atoms with van der Waals surface area (Å²) in [6.45, 7) is 0. The molecule has 4 heteroatoms. The van der Waals surface area contributed by atoms with Crippen LogP contribution in [0.3, 0.4) is 0 Å². The van der Waals surface area contributed by atoms with E-state index in [1.54, 1.807) is 6.07 Å². The Bertz CT molecular complexity index is 191. The molecule has 12 heavy (non-hydrogen) atoms. The summed E-state index contributed by atoms with van der Waals surface area (Å²) in [5.41, 5.74) is 0. The van der Waals surface area contributed by atoms with Crippen LogP contribution in [-0.2, 0) is 0 Å². The van der Waals surface area contributed by atoms with E-state index < -0.39 is 18.0 Å². The first-order valence-corrected chi connectivity index (χ1v) is 4.02. The van der Waals surface area contributed by atoms with Crippen molar-refractivity contribution in [2.45, 2.75) is 31.9 Å². The maximum atomic E-state index is 12.2. The lowest BCUT2D eigenvalue weighted by Gasteiger charge is -2.28. The zero-order chi connectivity index (χ0) is 9.19. The molecule has 68 valence electrons. The predicted octanol–water partition coefficient (Wildman–Crippen LogP) is 2.88. The van der Waals surface area contributed by atoms with Crippen molar-refractivity contribution in [2.24, 2.45) is 11.8 Å². The van der Waals surface area contributed by atoms with Crippen molar-refractivity contribution in [3.63, 3.8) is 0 Å². The molecule has 1 aliphatic rings. The van der Waals surface area contributed by atoms with Crippen molar-refractivity contribution in [1.29, 1.82) is 5.26 Å². The van der Waals surface area contributed by atoms with Gasteiger partial charge in [0.05, 0.1) is 17.9 Å². The van der Waals surface area contributed by atoms with Gasteiger partial charge in [0, 0.05) is 0 Å². The molecule has 0 radical (unpaired) electrons. The summed E-state index contributed by atoms with van der Waals surface area (Å²) in [5, 5.41) is 8.47. The number of rotatable bonds is 0. The van der Waals surface area contributed by atoms with Crippen LogP contribution in [0.4, 0.5) is 13.2 Å². The van der Waals surface area contributed by atoms with Gasteiger partial charge in [-0.25, -0.2) is 0 Å². The van der Waals surface area contributed by atoms with Gasteiger partial charge in [-0.15, -0.1) is 0 Å². The fraction of sp³-hybridized carbons (Fsp3) is 0.875. The van der Waals surface area contributed by atoms with Crippen LogP contribution in [0.1, 0.15) is 25.7 Å². The van der Waals surface area contributed by atoms with Gasteiger partial charge in [0.2, 0.25) is 0 Å². The Balaban J connectivity index is 2.67. The van der Waals surface area contributed by atoms with Crippen LogP contribution in [0.2, 0.25) is 0 Å². The zero-order valence-electron chi connectivity index (χ0n) is 6.56. The van der Waals surface area contributed by atoms with Crippen LogP contribution in [-0.4, -0.2) is 6.18 Å². The highest BCUT2D eigenvalue weighted by molar-refractivity contribution is 4.93. The molecule has 0 aromatic heterocycles. The summed E-state index contributed by atoms with van der Waals surface area (Å²) < 4.78 is 36.7. The minimum Gasteiger partial charge on any atom is -0.198 e. The largest absolute Gasteiger partial charge is 0.393 e. The summed E-state index contributed by atoms with van der Waals surface area (Å²) in [5.74, 6) is -2.19. The summed E-state index contributed by atoms with van der Waals surface area (Å²) in [4.78, 5) is 0. The van der Waals surface area contributed by atoms with Crippen molar-refractivity contribution in [1.82, 2.24) is 0 Å². The monoisotopic (exact) mass is 177 g/mol. The average Bonchev–Trinajstić information content (AvgIpc) is 2.03. The van der Waals surface area contributed by atoms with Gasteiger partial charge < -0.3 is 0 Å². The molecule has 1 fully saturated rings. The normalized spacial score (nSPS) is 31.2. The first-order valence-electron chi connectivity index (χ1n) is 4.02. The molecule has 2 unspecified atom stereocenters. The van der Waals surface area contributed by atoms with Crippen LogP contribution in [0.15, 0.2) is 0 Å². The molecule has 1 saturated carbocycles. The first kappa shape index (κ1) is 9.37. The van der Waals surface area contributed by atoms with Gasteiger partial charge in [-0.1, -0.05) is 12.8 Å². The molecular weight excluding hydrogens is 167 g/mol. The Morgan fingerprint density at radius 1 is 1.17 bits per heavy atom. The van der Waals surface area contributed by atoms with E-state index >= 15 is 0 Å². The van der Waals surface area contributed by atoms with Crippen LogP contribution in [0.25, 0.3) is 0 Å². The minimum absolute atomic E-state index is 0.127. The number of alkyl halides is 3. The summed E-state index contributed by atoms with van der Waals surface area (Å²) >= 11 is 0. The van der Waals surface area contributed by atoms with Crippen molar-refractivity contribution in [2.75, 3.05) is 0 Å². The standard InChI is InChI=1S/C8H10F3N/c9-8(10,11)7-4-2-1-3-6(7)5-12/h6-7H,1-4H2. The third-order valence-corrected chi connectivity index (χ3v) is 2.35. The molecule has 0 aromatic carbocycles. The van der Waals surface area contributed by atoms with Gasteiger partial charge in [-0.3, -0.25) is 0 Å². The quantitative estimate of drug-likeness (QED) is 0.558. The van der Waals surface area contributed by atoms with Crippen molar-refractivity contribution in [3.05, 3.63) is 0 Å². The van der Waals surface area contributed by atoms with Crippen LogP contribution in [0, 0.1) is 23.2 Å². The second-order valence-electron chi connectivity index (χ2n) is 3.17. The van der Waals surface area contributed by atoms with E-state index in [4.69, 9.17) is 5.26 Å². The second kappa shape index (κ2) is 3.34. The van der Waals surface area contributed by atoms with Gasteiger partial charge in [-0.05, 0) is 12.8 Å². The Kier molecular flexibility index (Phi) is 2.61. The maximum absolute atomic E-state index is 12.2. The first-order chi connectivity index (χ1) is 5.55. The summed E-state index contributed by atoms with van der Waals surface area (Å²) in [6.07, 6.45) is -2.30. The van der Waals surface area contributed by atoms with E-state index in [-0.39, 0.29) is 6.42 Å². The minimum atomic E-state index is -4.18. The third-order valence-electron chi connectivity index (χ3n) is 2.35. The molecule has 0 saturated heterocycles. The van der Waals surface area contributed by atoms with E-state index in [1.807, 2.05) is 0 Å². The molecule has 1 aliphatic carbocycles. The molecule has 0 spiro atoms. The summed E-state index contributed by atoms with van der Waals surface area (Å²) in [7, 11) is 0. The highest BCUT2D eigenvalue weighted by atomic mass is 19.4. The molecule has 0 bridgehead atoms. The average molecular weight is 177 g/mol. The molecule has 0 N–H and O–H groups in total. The molecular formula is C8H10F3N. The van der Waals surface area contributed by atoms with E-state index in [2.05, 4.69) is 0 Å². The lowest BCUT2D eigenvalue weighted by molar-refractivity contribution is -0.190. The van der Waals surface area contributed by atoms with E-state index in [1.165, 1.54) is 0 Å². The number of hydrogen-bond donors (Lipinski definition) is 0. The van der Waals surface area contributed by atoms with Crippen molar-refractivity contribution >= 4 is 0 Å². The molecule has 2 atom stereocenters. The van der Waals surface area contributed by atoms with Gasteiger partial charge in [0.15, 0.2) is 0 Å². The summed E-state index contributed by atoms with van der Waals surface area (Å²) in [6, 6.07) is 1.74. The number of nitrogens with zero attached hydrogens (tertiary/aromatic N) is 1. The SMILES string of the molecule is N#CC1CCCCC1C(F)(F)F. The van der Waals surface area contributed by atoms with Crippen molar-refractivity contribution < 1.29 is 13.2 Å². The maximum Gasteiger partial charge on any atom is 0.393 e. The topological polar surface area (TPSA) is 23.8 Å². The van der Waals surface area contributed by atoms with Gasteiger partial charge >= 0.3 is 6.18 Å². The third kappa shape index (κ3) is 1.90. The molecule has 0 aromatic rings. The zero-order valence-corrected chi connectivity index (χ0v) is 6.56. The van der Waals surface area contributed by atoms with Crippen LogP contribution < -0.4 is 0 Å². The molecule has 1 nitrogen and oxygen atoms in total. The fourth-order valence-electron chi connectivity index (χ4n) is 1.68. The van der Waals surface area contributed by atoms with Gasteiger partial charge in [0.1, 0.15) is 0 Å². The smallest absolute Gasteiger partial charge is 0.198 e. The number of hydrogen-bond acceptors (Lipinski definition) is 1. The Hall–Kier alpha value is -0.720. The van der Waals surface area contributed by atoms with Gasteiger partial charge in [-0.2, -0.15) is 18.4 Å². The Morgan fingerprint density at radius 3 is 2.17 bits per heavy atom. The lowest BCUT2D eigenvalue weighted by atomic mass is 9.80. The van der Waals surface area contributed by atoms with Crippen molar-refractivity contribution in [3.8, 4) is 6.07 Å². The van der Waals surface area contributed by atoms with E-state index in [0.29, 0.717) is 12.8 Å². The second-order valence-corrected chi connectivity index (χ2v) is 3.17. The Morgan fingerprint density at radius 2 is 1.75 bits per heavy atom. The van der Waals surface area contributed by atoms with Crippen LogP contribution >= 0.6 is 0 Å². The lowest BCUT2D eigenvalue weighted by Crippen LogP contribution is -2.32. The fourth-order valence-corrected chi connectivity index (χ4v) is 1.68. The predicted molar refractivity (Wildman–Crippen MR) is 37.1 cm³/mol. The highest BCUT2D eigenvalue weighted by Gasteiger charge is 2.45. The molecule has 0 aliphatic heterocycles.